The topological polar surface area (TPSA) is 50.2 Å². The Morgan fingerprint density at radius 2 is 1.74 bits per heavy atom. The van der Waals surface area contributed by atoms with Crippen molar-refractivity contribution >= 4 is 34.9 Å². The summed E-state index contributed by atoms with van der Waals surface area (Å²) in [6.45, 7) is 3.87. The van der Waals surface area contributed by atoms with Crippen LogP contribution in [0.3, 0.4) is 0 Å². The highest BCUT2D eigenvalue weighted by Gasteiger charge is 2.48. The maximum Gasteiger partial charge on any atom is 0.410 e. The van der Waals surface area contributed by atoms with Crippen molar-refractivity contribution in [3.8, 4) is 0 Å². The van der Waals surface area contributed by atoms with Gasteiger partial charge in [0.1, 0.15) is 10.8 Å². The Kier molecular flexibility index (Phi) is 5.89. The van der Waals surface area contributed by atoms with Gasteiger partial charge in [-0.3, -0.25) is 4.79 Å². The van der Waals surface area contributed by atoms with E-state index in [-0.39, 0.29) is 35.0 Å². The van der Waals surface area contributed by atoms with Crippen LogP contribution in [0.1, 0.15) is 67.7 Å². The van der Waals surface area contributed by atoms with Crippen molar-refractivity contribution in [2.45, 2.75) is 69.9 Å². The molecule has 0 aliphatic carbocycles. The summed E-state index contributed by atoms with van der Waals surface area (Å²) in [6.07, 6.45) is -2.16. The van der Waals surface area contributed by atoms with Gasteiger partial charge in [0, 0.05) is 23.5 Å². The third kappa shape index (κ3) is 4.12. The second-order valence-electron chi connectivity index (χ2n) is 8.34. The van der Waals surface area contributed by atoms with E-state index < -0.39 is 24.2 Å². The molecular formula is C21H23Cl2F3N4O. The predicted octanol–water partition coefficient (Wildman–Crippen LogP) is 6.25. The molecule has 31 heavy (non-hydrogen) atoms. The molecule has 1 aromatic carbocycles. The lowest BCUT2D eigenvalue weighted by Gasteiger charge is -2.38. The smallest absolute Gasteiger partial charge is 0.362 e. The Balaban J connectivity index is 1.74. The van der Waals surface area contributed by atoms with E-state index in [1.54, 1.807) is 29.2 Å². The van der Waals surface area contributed by atoms with Gasteiger partial charge in [0.25, 0.3) is 5.91 Å². The number of anilines is 1. The number of piperidine rings is 1. The summed E-state index contributed by atoms with van der Waals surface area (Å²) in [5.41, 5.74) is 0.504. The molecular weight excluding hydrogens is 452 g/mol. The van der Waals surface area contributed by atoms with Crippen LogP contribution < -0.4 is 5.32 Å². The Hall–Kier alpha value is -1.93. The third-order valence-corrected chi connectivity index (χ3v) is 6.81. The quantitative estimate of drug-likeness (QED) is 0.559. The van der Waals surface area contributed by atoms with Gasteiger partial charge in [0.05, 0.1) is 6.04 Å². The van der Waals surface area contributed by atoms with Gasteiger partial charge in [0.2, 0.25) is 0 Å². The van der Waals surface area contributed by atoms with Crippen LogP contribution in [0.2, 0.25) is 10.0 Å². The van der Waals surface area contributed by atoms with Crippen LogP contribution >= 0.6 is 23.2 Å². The fraction of sp³-hybridized carbons (Fsp3) is 0.524. The Bertz CT molecular complexity index is 966. The van der Waals surface area contributed by atoms with Crippen LogP contribution in [0, 0.1) is 0 Å². The summed E-state index contributed by atoms with van der Waals surface area (Å²) in [5.74, 6) is -0.423. The molecule has 1 aromatic heterocycles. The molecule has 5 nitrogen and oxygen atoms in total. The van der Waals surface area contributed by atoms with Crippen LogP contribution in [-0.4, -0.2) is 38.8 Å². The molecule has 3 heterocycles. The zero-order chi connectivity index (χ0) is 22.5. The number of hydrogen-bond donors (Lipinski definition) is 1. The number of fused-ring (bicyclic) bond motifs is 1. The number of rotatable bonds is 2. The molecule has 0 spiro atoms. The lowest BCUT2D eigenvalue weighted by atomic mass is 9.96. The number of alkyl halides is 3. The van der Waals surface area contributed by atoms with Crippen molar-refractivity contribution in [2.75, 3.05) is 5.32 Å². The van der Waals surface area contributed by atoms with Crippen molar-refractivity contribution in [1.29, 1.82) is 0 Å². The monoisotopic (exact) mass is 474 g/mol. The van der Waals surface area contributed by atoms with E-state index in [1.807, 2.05) is 13.8 Å². The van der Waals surface area contributed by atoms with Crippen LogP contribution in [-0.2, 0) is 0 Å². The van der Waals surface area contributed by atoms with E-state index >= 15 is 0 Å². The standard InChI is InChI=1S/C21H23Cl2F3N4O/c1-11-4-3-5-12(2)29(11)20(31)18-17(23)19-27-15(13-6-8-14(22)9-7-13)10-16(21(24,25)26)30(19)28-18/h6-9,11-12,15-16,27H,3-5,10H2,1-2H3/t11-,12+,15-,16-/m0/s1. The van der Waals surface area contributed by atoms with Gasteiger partial charge in [-0.05, 0) is 50.8 Å². The molecule has 2 aliphatic heterocycles. The molecule has 0 unspecified atom stereocenters. The first-order chi connectivity index (χ1) is 14.6. The minimum absolute atomic E-state index is 0.0101. The average Bonchev–Trinajstić information content (AvgIpc) is 3.03. The van der Waals surface area contributed by atoms with Gasteiger partial charge in [-0.2, -0.15) is 18.3 Å². The van der Waals surface area contributed by atoms with Crippen LogP contribution in [0.4, 0.5) is 19.0 Å². The molecule has 0 saturated carbocycles. The molecule has 1 saturated heterocycles. The lowest BCUT2D eigenvalue weighted by molar-refractivity contribution is -0.173. The highest BCUT2D eigenvalue weighted by molar-refractivity contribution is 6.36. The summed E-state index contributed by atoms with van der Waals surface area (Å²) >= 11 is 12.4. The summed E-state index contributed by atoms with van der Waals surface area (Å²) in [5, 5.41) is 7.55. The molecule has 1 fully saturated rings. The summed E-state index contributed by atoms with van der Waals surface area (Å²) in [6, 6.07) is 4.00. The van der Waals surface area contributed by atoms with Gasteiger partial charge < -0.3 is 10.2 Å². The third-order valence-electron chi connectivity index (χ3n) is 6.20. The SMILES string of the molecule is C[C@@H]1CCC[C@H](C)N1C(=O)c1nn2c(c1Cl)N[C@H](c1ccc(Cl)cc1)C[C@H]2C(F)(F)F. The first-order valence-corrected chi connectivity index (χ1v) is 11.0. The number of halogens is 5. The Labute approximate surface area is 188 Å². The molecule has 2 aliphatic rings. The average molecular weight is 475 g/mol. The van der Waals surface area contributed by atoms with Gasteiger partial charge in [-0.1, -0.05) is 35.3 Å². The van der Waals surface area contributed by atoms with E-state index in [1.165, 1.54) is 0 Å². The van der Waals surface area contributed by atoms with E-state index in [9.17, 15) is 18.0 Å². The number of nitrogens with zero attached hydrogens (tertiary/aromatic N) is 3. The lowest BCUT2D eigenvalue weighted by Crippen LogP contribution is -2.47. The highest BCUT2D eigenvalue weighted by Crippen LogP contribution is 2.46. The van der Waals surface area contributed by atoms with Gasteiger partial charge in [-0.25, -0.2) is 4.68 Å². The van der Waals surface area contributed by atoms with Crippen molar-refractivity contribution in [2.24, 2.45) is 0 Å². The molecule has 4 atom stereocenters. The zero-order valence-corrected chi connectivity index (χ0v) is 18.6. The van der Waals surface area contributed by atoms with E-state index in [0.717, 1.165) is 23.9 Å². The second-order valence-corrected chi connectivity index (χ2v) is 9.15. The van der Waals surface area contributed by atoms with Crippen LogP contribution in [0.5, 0.6) is 0 Å². The second kappa shape index (κ2) is 8.20. The molecule has 0 radical (unpaired) electrons. The summed E-state index contributed by atoms with van der Waals surface area (Å²) < 4.78 is 42.7. The molecule has 0 bridgehead atoms. The first-order valence-electron chi connectivity index (χ1n) is 10.3. The number of carbonyl (C=O) groups is 1. The molecule has 168 valence electrons. The summed E-state index contributed by atoms with van der Waals surface area (Å²) in [7, 11) is 0. The molecule has 10 heteroatoms. The minimum Gasteiger partial charge on any atom is -0.362 e. The highest BCUT2D eigenvalue weighted by atomic mass is 35.5. The normalized spacial score (nSPS) is 26.4. The van der Waals surface area contributed by atoms with Gasteiger partial charge in [-0.15, -0.1) is 0 Å². The van der Waals surface area contributed by atoms with E-state index in [0.29, 0.717) is 10.6 Å². The number of nitrogens with one attached hydrogen (secondary N) is 1. The van der Waals surface area contributed by atoms with Crippen LogP contribution in [0.25, 0.3) is 0 Å². The molecule has 4 rings (SSSR count). The van der Waals surface area contributed by atoms with Crippen LogP contribution in [0.15, 0.2) is 24.3 Å². The number of hydrogen-bond acceptors (Lipinski definition) is 3. The largest absolute Gasteiger partial charge is 0.410 e. The van der Waals surface area contributed by atoms with Gasteiger partial charge >= 0.3 is 6.18 Å². The van der Waals surface area contributed by atoms with E-state index in [2.05, 4.69) is 10.4 Å². The fourth-order valence-electron chi connectivity index (χ4n) is 4.58. The maximum absolute atomic E-state index is 13.9. The Morgan fingerprint density at radius 1 is 1.13 bits per heavy atom. The maximum atomic E-state index is 13.9. The van der Waals surface area contributed by atoms with Crippen molar-refractivity contribution in [3.05, 3.63) is 45.6 Å². The first kappa shape index (κ1) is 22.3. The van der Waals surface area contributed by atoms with Crippen molar-refractivity contribution in [3.63, 3.8) is 0 Å². The van der Waals surface area contributed by atoms with Crippen molar-refractivity contribution < 1.29 is 18.0 Å². The number of aromatic nitrogens is 2. The Morgan fingerprint density at radius 3 is 2.32 bits per heavy atom. The number of likely N-dealkylation sites (tertiary alicyclic amines) is 1. The van der Waals surface area contributed by atoms with E-state index in [4.69, 9.17) is 23.2 Å². The fourth-order valence-corrected chi connectivity index (χ4v) is 4.97. The molecule has 1 amide bonds. The summed E-state index contributed by atoms with van der Waals surface area (Å²) in [4.78, 5) is 14.9. The molecule has 2 aromatic rings. The number of amides is 1. The van der Waals surface area contributed by atoms with Crippen molar-refractivity contribution in [1.82, 2.24) is 14.7 Å². The molecule has 1 N–H and O–H groups in total. The predicted molar refractivity (Wildman–Crippen MR) is 114 cm³/mol. The number of carbonyl (C=O) groups excluding carboxylic acids is 1. The zero-order valence-electron chi connectivity index (χ0n) is 17.1. The van der Waals surface area contributed by atoms with Gasteiger partial charge in [0.15, 0.2) is 11.7 Å². The number of benzene rings is 1. The minimum atomic E-state index is -4.55.